The van der Waals surface area contributed by atoms with Crippen molar-refractivity contribution in [3.05, 3.63) is 0 Å². The van der Waals surface area contributed by atoms with Crippen molar-refractivity contribution >= 4 is 17.6 Å². The Balaban J connectivity index is 2.34. The van der Waals surface area contributed by atoms with Gasteiger partial charge in [0.05, 0.1) is 11.9 Å². The van der Waals surface area contributed by atoms with E-state index >= 15 is 0 Å². The van der Waals surface area contributed by atoms with Crippen LogP contribution in [0.5, 0.6) is 0 Å². The predicted molar refractivity (Wildman–Crippen MR) is 52.3 cm³/mol. The fourth-order valence-electron chi connectivity index (χ4n) is 1.14. The van der Waals surface area contributed by atoms with Gasteiger partial charge in [-0.2, -0.15) is 11.8 Å². The Morgan fingerprint density at radius 2 is 2.18 bits per heavy atom. The van der Waals surface area contributed by atoms with Crippen molar-refractivity contribution in [2.75, 3.05) is 11.5 Å². The first-order valence-electron chi connectivity index (χ1n) is 4.22. The summed E-state index contributed by atoms with van der Waals surface area (Å²) in [7, 11) is 0. The summed E-state index contributed by atoms with van der Waals surface area (Å²) in [5, 5.41) is 0. The van der Waals surface area contributed by atoms with Crippen molar-refractivity contribution in [3.8, 4) is 0 Å². The summed E-state index contributed by atoms with van der Waals surface area (Å²) >= 11 is 2.02. The minimum absolute atomic E-state index is 0.524. The highest BCUT2D eigenvalue weighted by Crippen LogP contribution is 2.19. The minimum Gasteiger partial charge on any atom is -0.387 e. The first-order valence-corrected chi connectivity index (χ1v) is 5.38. The van der Waals surface area contributed by atoms with Gasteiger partial charge in [-0.05, 0) is 24.3 Å². The molecule has 0 atom stereocenters. The van der Waals surface area contributed by atoms with Gasteiger partial charge in [-0.1, -0.05) is 6.92 Å². The average Bonchev–Trinajstić information content (AvgIpc) is 2.06. The number of thioether (sulfide) groups is 1. The van der Waals surface area contributed by atoms with Gasteiger partial charge in [-0.15, -0.1) is 0 Å². The summed E-state index contributed by atoms with van der Waals surface area (Å²) in [6.07, 6.45) is 3.32. The summed E-state index contributed by atoms with van der Waals surface area (Å²) < 4.78 is 0. The SMILES string of the molecule is CCC(N)=NC1CCSCC1. The Hall–Kier alpha value is -0.180. The zero-order valence-corrected chi connectivity index (χ0v) is 7.86. The molecule has 0 unspecified atom stereocenters. The molecule has 1 saturated heterocycles. The molecule has 0 aromatic carbocycles. The lowest BCUT2D eigenvalue weighted by molar-refractivity contribution is 0.625. The van der Waals surface area contributed by atoms with Gasteiger partial charge >= 0.3 is 0 Å². The van der Waals surface area contributed by atoms with Crippen LogP contribution in [-0.2, 0) is 0 Å². The predicted octanol–water partition coefficient (Wildman–Crippen LogP) is 1.65. The second-order valence-electron chi connectivity index (χ2n) is 2.82. The molecule has 0 radical (unpaired) electrons. The average molecular weight is 172 g/mol. The quantitative estimate of drug-likeness (QED) is 0.508. The Bertz CT molecular complexity index is 139. The Labute approximate surface area is 72.6 Å². The Morgan fingerprint density at radius 3 is 2.73 bits per heavy atom. The number of nitrogens with zero attached hydrogens (tertiary/aromatic N) is 1. The van der Waals surface area contributed by atoms with Crippen LogP contribution in [0.15, 0.2) is 4.99 Å². The van der Waals surface area contributed by atoms with E-state index in [1.54, 1.807) is 0 Å². The van der Waals surface area contributed by atoms with E-state index in [2.05, 4.69) is 11.9 Å². The molecule has 0 amide bonds. The molecule has 0 bridgehead atoms. The normalized spacial score (nSPS) is 22.1. The minimum atomic E-state index is 0.524. The molecule has 1 heterocycles. The molecule has 1 aliphatic rings. The van der Waals surface area contributed by atoms with Gasteiger partial charge in [-0.3, -0.25) is 4.99 Å². The van der Waals surface area contributed by atoms with Gasteiger partial charge in [-0.25, -0.2) is 0 Å². The summed E-state index contributed by atoms with van der Waals surface area (Å²) in [5.41, 5.74) is 5.65. The van der Waals surface area contributed by atoms with Gasteiger partial charge in [0.2, 0.25) is 0 Å². The van der Waals surface area contributed by atoms with Crippen molar-refractivity contribution in [1.82, 2.24) is 0 Å². The molecule has 11 heavy (non-hydrogen) atoms. The highest BCUT2D eigenvalue weighted by atomic mass is 32.2. The highest BCUT2D eigenvalue weighted by molar-refractivity contribution is 7.99. The third-order valence-corrected chi connectivity index (χ3v) is 2.95. The zero-order valence-electron chi connectivity index (χ0n) is 7.05. The molecule has 0 spiro atoms. The van der Waals surface area contributed by atoms with Crippen LogP contribution in [0.25, 0.3) is 0 Å². The molecule has 0 aromatic heterocycles. The topological polar surface area (TPSA) is 38.4 Å². The molecular formula is C8H16N2S. The van der Waals surface area contributed by atoms with Crippen LogP contribution in [0, 0.1) is 0 Å². The van der Waals surface area contributed by atoms with E-state index in [1.807, 2.05) is 11.8 Å². The van der Waals surface area contributed by atoms with Gasteiger partial charge in [0.25, 0.3) is 0 Å². The van der Waals surface area contributed by atoms with E-state index in [4.69, 9.17) is 5.73 Å². The van der Waals surface area contributed by atoms with Crippen LogP contribution in [0.4, 0.5) is 0 Å². The number of hydrogen-bond donors (Lipinski definition) is 1. The molecule has 1 aliphatic heterocycles. The van der Waals surface area contributed by atoms with Crippen LogP contribution in [0.3, 0.4) is 0 Å². The standard InChI is InChI=1S/C8H16N2S/c1-2-8(9)10-7-3-5-11-6-4-7/h7H,2-6H2,1H3,(H2,9,10). The maximum absolute atomic E-state index is 5.65. The van der Waals surface area contributed by atoms with Crippen molar-refractivity contribution in [3.63, 3.8) is 0 Å². The zero-order chi connectivity index (χ0) is 8.10. The first-order chi connectivity index (χ1) is 5.33. The lowest BCUT2D eigenvalue weighted by atomic mass is 10.2. The lowest BCUT2D eigenvalue weighted by Gasteiger charge is -2.17. The van der Waals surface area contributed by atoms with Crippen molar-refractivity contribution < 1.29 is 0 Å². The fraction of sp³-hybridized carbons (Fsp3) is 0.875. The fourth-order valence-corrected chi connectivity index (χ4v) is 2.22. The van der Waals surface area contributed by atoms with E-state index in [1.165, 1.54) is 24.3 Å². The highest BCUT2D eigenvalue weighted by Gasteiger charge is 2.11. The first kappa shape index (κ1) is 8.91. The summed E-state index contributed by atoms with van der Waals surface area (Å²) in [5.74, 6) is 3.33. The monoisotopic (exact) mass is 172 g/mol. The van der Waals surface area contributed by atoms with Gasteiger partial charge in [0.1, 0.15) is 0 Å². The molecular weight excluding hydrogens is 156 g/mol. The summed E-state index contributed by atoms with van der Waals surface area (Å²) in [4.78, 5) is 4.44. The van der Waals surface area contributed by atoms with E-state index in [9.17, 15) is 0 Å². The van der Waals surface area contributed by atoms with Crippen molar-refractivity contribution in [2.45, 2.75) is 32.2 Å². The Morgan fingerprint density at radius 1 is 1.55 bits per heavy atom. The second-order valence-corrected chi connectivity index (χ2v) is 4.04. The summed E-state index contributed by atoms with van der Waals surface area (Å²) in [6, 6.07) is 0.524. The number of rotatable bonds is 2. The lowest BCUT2D eigenvalue weighted by Crippen LogP contribution is -2.19. The van der Waals surface area contributed by atoms with Crippen LogP contribution < -0.4 is 5.73 Å². The van der Waals surface area contributed by atoms with Gasteiger partial charge in [0.15, 0.2) is 0 Å². The number of nitrogens with two attached hydrogens (primary N) is 1. The number of aliphatic imine (C=N–C) groups is 1. The third kappa shape index (κ3) is 3.14. The molecule has 1 rings (SSSR count). The molecule has 64 valence electrons. The largest absolute Gasteiger partial charge is 0.387 e. The Kier molecular flexibility index (Phi) is 3.77. The van der Waals surface area contributed by atoms with Crippen molar-refractivity contribution in [2.24, 2.45) is 10.7 Å². The maximum atomic E-state index is 5.65. The van der Waals surface area contributed by atoms with Crippen LogP contribution in [-0.4, -0.2) is 23.4 Å². The molecule has 1 fully saturated rings. The van der Waals surface area contributed by atoms with E-state index in [-0.39, 0.29) is 0 Å². The van der Waals surface area contributed by atoms with E-state index in [0.717, 1.165) is 12.3 Å². The molecule has 2 nitrogen and oxygen atoms in total. The molecule has 0 aromatic rings. The van der Waals surface area contributed by atoms with Gasteiger partial charge < -0.3 is 5.73 Å². The van der Waals surface area contributed by atoms with Gasteiger partial charge in [0, 0.05) is 6.42 Å². The molecule has 0 aliphatic carbocycles. The third-order valence-electron chi connectivity index (χ3n) is 1.90. The van der Waals surface area contributed by atoms with Crippen LogP contribution in [0.2, 0.25) is 0 Å². The van der Waals surface area contributed by atoms with Crippen molar-refractivity contribution in [1.29, 1.82) is 0 Å². The van der Waals surface area contributed by atoms with Crippen LogP contribution in [0.1, 0.15) is 26.2 Å². The van der Waals surface area contributed by atoms with Crippen LogP contribution >= 0.6 is 11.8 Å². The number of amidine groups is 1. The smallest absolute Gasteiger partial charge is 0.0937 e. The van der Waals surface area contributed by atoms with E-state index < -0.39 is 0 Å². The molecule has 2 N–H and O–H groups in total. The molecule has 3 heteroatoms. The van der Waals surface area contributed by atoms with E-state index in [0.29, 0.717) is 6.04 Å². The maximum Gasteiger partial charge on any atom is 0.0937 e. The molecule has 0 saturated carbocycles. The summed E-state index contributed by atoms with van der Waals surface area (Å²) in [6.45, 7) is 2.05. The second kappa shape index (κ2) is 4.65. The number of hydrogen-bond acceptors (Lipinski definition) is 2.